The number of furan rings is 1. The van der Waals surface area contributed by atoms with Gasteiger partial charge in [0.25, 0.3) is 0 Å². The zero-order valence-corrected chi connectivity index (χ0v) is 31.4. The minimum absolute atomic E-state index is 0.0904. The Morgan fingerprint density at radius 2 is 1.18 bits per heavy atom. The van der Waals surface area contributed by atoms with E-state index in [0.29, 0.717) is 17.5 Å². The van der Waals surface area contributed by atoms with Gasteiger partial charge in [0.1, 0.15) is 11.3 Å². The first kappa shape index (κ1) is 32.1. The number of anilines is 2. The summed E-state index contributed by atoms with van der Waals surface area (Å²) in [6, 6.07) is 59.9. The smallest absolute Gasteiger partial charge is 0.167 e. The van der Waals surface area contributed by atoms with Gasteiger partial charge < -0.3 is 9.32 Å². The van der Waals surface area contributed by atoms with E-state index in [9.17, 15) is 0 Å². The van der Waals surface area contributed by atoms with E-state index >= 15 is 0 Å². The second kappa shape index (κ2) is 12.7. The van der Waals surface area contributed by atoms with Crippen molar-refractivity contribution in [2.45, 2.75) is 12.0 Å². The Morgan fingerprint density at radius 3 is 2.07 bits per heavy atom. The van der Waals surface area contributed by atoms with E-state index < -0.39 is 0 Å². The number of hydrogen-bond donors (Lipinski definition) is 0. The fourth-order valence-corrected chi connectivity index (χ4v) is 10.2. The lowest BCUT2D eigenvalue weighted by Gasteiger charge is -2.30. The summed E-state index contributed by atoms with van der Waals surface area (Å²) in [5.41, 5.74) is 10.7. The second-order valence-corrected chi connectivity index (χ2v) is 15.8. The minimum Gasteiger partial charge on any atom is -0.456 e. The number of para-hydroxylation sites is 3. The molecule has 5 nitrogen and oxygen atoms in total. The van der Waals surface area contributed by atoms with Gasteiger partial charge in [0.15, 0.2) is 17.5 Å². The number of aromatic nitrogens is 3. The van der Waals surface area contributed by atoms with Gasteiger partial charge in [-0.3, -0.25) is 0 Å². The molecule has 6 heteroatoms. The van der Waals surface area contributed by atoms with Crippen LogP contribution in [0, 0.1) is 0 Å². The van der Waals surface area contributed by atoms with Gasteiger partial charge in [-0.05, 0) is 65.2 Å². The van der Waals surface area contributed by atoms with Gasteiger partial charge in [-0.1, -0.05) is 133 Å². The normalized spacial score (nSPS) is 15.6. The molecule has 0 saturated carbocycles. The van der Waals surface area contributed by atoms with Crippen molar-refractivity contribution < 1.29 is 4.42 Å². The van der Waals surface area contributed by atoms with Gasteiger partial charge in [0, 0.05) is 59.5 Å². The highest BCUT2D eigenvalue weighted by Gasteiger charge is 2.43. The average molecular weight is 749 g/mol. The second-order valence-electron chi connectivity index (χ2n) is 14.7. The summed E-state index contributed by atoms with van der Waals surface area (Å²) in [6.45, 7) is 0. The molecule has 0 saturated heterocycles. The molecule has 0 radical (unpaired) electrons. The molecule has 0 fully saturated rings. The van der Waals surface area contributed by atoms with Crippen molar-refractivity contribution in [3.05, 3.63) is 193 Å². The van der Waals surface area contributed by atoms with Crippen molar-refractivity contribution in [3.8, 4) is 45.3 Å². The minimum atomic E-state index is 0.0904. The first-order valence-corrected chi connectivity index (χ1v) is 20.1. The summed E-state index contributed by atoms with van der Waals surface area (Å²) < 4.78 is 9.36. The van der Waals surface area contributed by atoms with Crippen LogP contribution in [0.4, 0.5) is 11.4 Å². The SMILES string of the molecule is C1=CC2C(c3ccccc3N2c2ccccc2)c2c1oc1c(-c3nc(-c4cccc(-c5ccccc5)c4)nc(-c4cccc5sc6ccccc6c45)n3)cccc21. The molecule has 0 spiro atoms. The van der Waals surface area contributed by atoms with E-state index in [-0.39, 0.29) is 12.0 Å². The van der Waals surface area contributed by atoms with Gasteiger partial charge in [-0.25, -0.2) is 15.0 Å². The van der Waals surface area contributed by atoms with E-state index in [1.54, 1.807) is 11.3 Å². The van der Waals surface area contributed by atoms with Gasteiger partial charge >= 0.3 is 0 Å². The zero-order chi connectivity index (χ0) is 37.5. The molecule has 268 valence electrons. The van der Waals surface area contributed by atoms with E-state index in [1.807, 2.05) is 6.07 Å². The van der Waals surface area contributed by atoms with Crippen LogP contribution in [-0.2, 0) is 0 Å². The summed E-state index contributed by atoms with van der Waals surface area (Å²) in [6.07, 6.45) is 4.45. The number of fused-ring (bicyclic) bond motifs is 10. The van der Waals surface area contributed by atoms with Gasteiger partial charge in [-0.2, -0.15) is 0 Å². The number of rotatable bonds is 5. The maximum atomic E-state index is 6.92. The Labute approximate surface area is 332 Å². The van der Waals surface area contributed by atoms with Crippen LogP contribution in [0.3, 0.4) is 0 Å². The Morgan fingerprint density at radius 1 is 0.526 bits per heavy atom. The maximum absolute atomic E-state index is 6.92. The van der Waals surface area contributed by atoms with Crippen molar-refractivity contribution >= 4 is 59.9 Å². The lowest BCUT2D eigenvalue weighted by Crippen LogP contribution is -2.30. The van der Waals surface area contributed by atoms with Crippen LogP contribution in [0.1, 0.15) is 22.8 Å². The van der Waals surface area contributed by atoms with Crippen molar-refractivity contribution in [3.63, 3.8) is 0 Å². The lowest BCUT2D eigenvalue weighted by molar-refractivity contribution is 0.584. The number of benzene rings is 7. The molecule has 0 N–H and O–H groups in total. The predicted octanol–water partition coefficient (Wildman–Crippen LogP) is 13.3. The molecule has 2 atom stereocenters. The van der Waals surface area contributed by atoms with Crippen LogP contribution in [0.25, 0.3) is 82.5 Å². The highest BCUT2D eigenvalue weighted by Crippen LogP contribution is 2.54. The number of thiophene rings is 1. The van der Waals surface area contributed by atoms with Crippen LogP contribution in [0.2, 0.25) is 0 Å². The largest absolute Gasteiger partial charge is 0.456 e. The first-order chi connectivity index (χ1) is 28.3. The first-order valence-electron chi connectivity index (χ1n) is 19.3. The molecule has 1 aliphatic heterocycles. The van der Waals surface area contributed by atoms with Crippen molar-refractivity contribution in [1.82, 2.24) is 15.0 Å². The topological polar surface area (TPSA) is 55.1 Å². The van der Waals surface area contributed by atoms with E-state index in [4.69, 9.17) is 19.4 Å². The average Bonchev–Trinajstić information content (AvgIpc) is 3.96. The summed E-state index contributed by atoms with van der Waals surface area (Å²) in [5, 5.41) is 3.43. The molecule has 4 heterocycles. The molecule has 0 amide bonds. The van der Waals surface area contributed by atoms with Crippen LogP contribution in [0.15, 0.2) is 180 Å². The van der Waals surface area contributed by atoms with E-state index in [0.717, 1.165) is 49.9 Å². The van der Waals surface area contributed by atoms with Crippen molar-refractivity contribution in [2.75, 3.05) is 4.90 Å². The highest BCUT2D eigenvalue weighted by atomic mass is 32.1. The molecule has 3 aromatic heterocycles. The molecule has 10 aromatic rings. The summed E-state index contributed by atoms with van der Waals surface area (Å²) >= 11 is 1.79. The number of hydrogen-bond acceptors (Lipinski definition) is 6. The fourth-order valence-electron chi connectivity index (χ4n) is 9.03. The van der Waals surface area contributed by atoms with Gasteiger partial charge in [0.2, 0.25) is 0 Å². The standard InChI is InChI=1S/C51H32N4OS/c1-3-14-31(15-4-1)32-16-11-17-33(30-32)49-52-50(38-23-13-27-44-45(38)36-21-8-10-26-43(36)57-44)54-51(53-49)39-24-12-22-37-47-42(56-48(37)39)29-28-41-46(47)35-20-7-9-25-40(35)55(41)34-18-5-2-6-19-34/h1-30,41,46H. The van der Waals surface area contributed by atoms with Crippen molar-refractivity contribution in [2.24, 2.45) is 0 Å². The molecular weight excluding hydrogens is 717 g/mol. The Kier molecular flexibility index (Phi) is 7.16. The Hall–Kier alpha value is -7.15. The van der Waals surface area contributed by atoms with Crippen LogP contribution < -0.4 is 4.90 Å². The predicted molar refractivity (Wildman–Crippen MR) is 234 cm³/mol. The third kappa shape index (κ3) is 5.04. The Balaban J connectivity index is 1.07. The van der Waals surface area contributed by atoms with Crippen LogP contribution in [0.5, 0.6) is 0 Å². The molecule has 1 aliphatic carbocycles. The van der Waals surface area contributed by atoms with E-state index in [2.05, 4.69) is 181 Å². The van der Waals surface area contributed by atoms with Crippen LogP contribution >= 0.6 is 11.3 Å². The summed E-state index contributed by atoms with van der Waals surface area (Å²) in [7, 11) is 0. The zero-order valence-electron chi connectivity index (χ0n) is 30.6. The molecule has 2 unspecified atom stereocenters. The lowest BCUT2D eigenvalue weighted by atomic mass is 9.82. The van der Waals surface area contributed by atoms with Gasteiger partial charge in [0.05, 0.1) is 11.6 Å². The quantitative estimate of drug-likeness (QED) is 0.175. The molecule has 57 heavy (non-hydrogen) atoms. The molecule has 2 aliphatic rings. The number of nitrogens with zero attached hydrogens (tertiary/aromatic N) is 4. The summed E-state index contributed by atoms with van der Waals surface area (Å²) in [5.74, 6) is 2.79. The third-order valence-electron chi connectivity index (χ3n) is 11.5. The van der Waals surface area contributed by atoms with Crippen molar-refractivity contribution in [1.29, 1.82) is 0 Å². The monoisotopic (exact) mass is 748 g/mol. The highest BCUT2D eigenvalue weighted by molar-refractivity contribution is 7.25. The Bertz CT molecular complexity index is 3220. The third-order valence-corrected chi connectivity index (χ3v) is 12.6. The molecular formula is C51H32N4OS. The molecule has 7 aromatic carbocycles. The van der Waals surface area contributed by atoms with Gasteiger partial charge in [-0.15, -0.1) is 11.3 Å². The summed E-state index contributed by atoms with van der Waals surface area (Å²) in [4.78, 5) is 18.3. The molecule has 0 bridgehead atoms. The fraction of sp³-hybridized carbons (Fsp3) is 0.0392. The van der Waals surface area contributed by atoms with Crippen LogP contribution in [-0.4, -0.2) is 21.0 Å². The van der Waals surface area contributed by atoms with E-state index in [1.165, 1.54) is 37.3 Å². The maximum Gasteiger partial charge on any atom is 0.167 e. The molecule has 12 rings (SSSR count).